The number of aliphatic imine (C=N–C) groups is 1. The molecule has 1 aliphatic rings. The number of rotatable bonds is 4. The van der Waals surface area contributed by atoms with E-state index >= 15 is 0 Å². The highest BCUT2D eigenvalue weighted by Gasteiger charge is 2.12. The van der Waals surface area contributed by atoms with Crippen LogP contribution in [0.1, 0.15) is 43.2 Å². The summed E-state index contributed by atoms with van der Waals surface area (Å²) in [4.78, 5) is 4.72. The first kappa shape index (κ1) is 13.9. The smallest absolute Gasteiger partial charge is 0.130 e. The quantitative estimate of drug-likeness (QED) is 0.773. The predicted molar refractivity (Wildman–Crippen MR) is 78.8 cm³/mol. The number of benzene rings is 1. The minimum Gasteiger partial charge on any atom is -0.497 e. The molecule has 0 bridgehead atoms. The van der Waals surface area contributed by atoms with Crippen LogP contribution in [0.5, 0.6) is 11.5 Å². The van der Waals surface area contributed by atoms with Crippen LogP contribution in [0, 0.1) is 6.92 Å². The second-order valence-corrected chi connectivity index (χ2v) is 5.14. The highest BCUT2D eigenvalue weighted by Crippen LogP contribution is 2.28. The number of aryl methyl sites for hydroxylation is 1. The van der Waals surface area contributed by atoms with Crippen molar-refractivity contribution in [1.82, 2.24) is 0 Å². The number of methoxy groups -OCH3 is 2. The van der Waals surface area contributed by atoms with E-state index in [9.17, 15) is 0 Å². The van der Waals surface area contributed by atoms with Crippen molar-refractivity contribution in [3.05, 3.63) is 23.3 Å². The summed E-state index contributed by atoms with van der Waals surface area (Å²) in [6.07, 6.45) is 8.33. The standard InChI is InChI=1S/C16H23NO2/c1-12-9-15(18-2)10-13(16(12)19-3)11-17-14-7-5-4-6-8-14/h9-11,14H,4-8H2,1-3H3. The molecule has 1 aromatic rings. The van der Waals surface area contributed by atoms with Gasteiger partial charge in [-0.15, -0.1) is 0 Å². The Hall–Kier alpha value is -1.51. The van der Waals surface area contributed by atoms with Gasteiger partial charge in [0.25, 0.3) is 0 Å². The number of ether oxygens (including phenoxy) is 2. The largest absolute Gasteiger partial charge is 0.497 e. The zero-order valence-electron chi connectivity index (χ0n) is 12.1. The summed E-state index contributed by atoms with van der Waals surface area (Å²) in [5.41, 5.74) is 2.08. The predicted octanol–water partition coefficient (Wildman–Crippen LogP) is 3.76. The van der Waals surface area contributed by atoms with Gasteiger partial charge < -0.3 is 9.47 Å². The lowest BCUT2D eigenvalue weighted by Crippen LogP contribution is -2.09. The van der Waals surface area contributed by atoms with E-state index < -0.39 is 0 Å². The summed E-state index contributed by atoms with van der Waals surface area (Å²) >= 11 is 0. The summed E-state index contributed by atoms with van der Waals surface area (Å²) in [5.74, 6) is 1.74. The average Bonchev–Trinajstić information content (AvgIpc) is 2.45. The molecular formula is C16H23NO2. The van der Waals surface area contributed by atoms with Crippen LogP contribution in [0.4, 0.5) is 0 Å². The molecule has 3 heteroatoms. The lowest BCUT2D eigenvalue weighted by Gasteiger charge is -2.17. The lowest BCUT2D eigenvalue weighted by molar-refractivity contribution is 0.399. The molecule has 0 saturated heterocycles. The SMILES string of the molecule is COc1cc(C)c(OC)c(C=NC2CCCCC2)c1. The van der Waals surface area contributed by atoms with Gasteiger partial charge in [0.05, 0.1) is 14.2 Å². The normalized spacial score (nSPS) is 16.8. The highest BCUT2D eigenvalue weighted by molar-refractivity contribution is 5.85. The molecule has 0 heterocycles. The van der Waals surface area contributed by atoms with Crippen LogP contribution in [0.25, 0.3) is 0 Å². The molecule has 0 aliphatic heterocycles. The fourth-order valence-corrected chi connectivity index (χ4v) is 2.68. The van der Waals surface area contributed by atoms with Gasteiger partial charge in [-0.25, -0.2) is 0 Å². The first-order chi connectivity index (χ1) is 9.24. The van der Waals surface area contributed by atoms with Gasteiger partial charge in [0.15, 0.2) is 0 Å². The Balaban J connectivity index is 2.21. The molecule has 3 nitrogen and oxygen atoms in total. The summed E-state index contributed by atoms with van der Waals surface area (Å²) in [5, 5.41) is 0. The molecule has 0 unspecified atom stereocenters. The van der Waals surface area contributed by atoms with Crippen molar-refractivity contribution in [3.63, 3.8) is 0 Å². The van der Waals surface area contributed by atoms with Gasteiger partial charge in [0.1, 0.15) is 11.5 Å². The molecule has 0 N–H and O–H groups in total. The van der Waals surface area contributed by atoms with E-state index in [-0.39, 0.29) is 0 Å². The van der Waals surface area contributed by atoms with Gasteiger partial charge in [-0.2, -0.15) is 0 Å². The molecule has 104 valence electrons. The third kappa shape index (κ3) is 3.49. The maximum absolute atomic E-state index is 5.47. The fourth-order valence-electron chi connectivity index (χ4n) is 2.68. The van der Waals surface area contributed by atoms with Crippen molar-refractivity contribution in [2.24, 2.45) is 4.99 Å². The first-order valence-corrected chi connectivity index (χ1v) is 7.00. The van der Waals surface area contributed by atoms with Crippen molar-refractivity contribution in [2.45, 2.75) is 45.1 Å². The van der Waals surface area contributed by atoms with Crippen LogP contribution in [-0.4, -0.2) is 26.5 Å². The van der Waals surface area contributed by atoms with E-state index in [0.717, 1.165) is 22.6 Å². The van der Waals surface area contributed by atoms with Gasteiger partial charge >= 0.3 is 0 Å². The molecule has 2 rings (SSSR count). The van der Waals surface area contributed by atoms with Gasteiger partial charge in [0, 0.05) is 17.8 Å². The van der Waals surface area contributed by atoms with Gasteiger partial charge in [-0.3, -0.25) is 4.99 Å². The molecule has 0 amide bonds. The molecule has 1 saturated carbocycles. The zero-order chi connectivity index (χ0) is 13.7. The molecule has 0 atom stereocenters. The Kier molecular flexibility index (Phi) is 4.83. The molecule has 0 spiro atoms. The van der Waals surface area contributed by atoms with E-state index in [4.69, 9.17) is 14.5 Å². The van der Waals surface area contributed by atoms with Crippen LogP contribution < -0.4 is 9.47 Å². The maximum Gasteiger partial charge on any atom is 0.130 e. The Labute approximate surface area is 115 Å². The molecule has 0 radical (unpaired) electrons. The fraction of sp³-hybridized carbons (Fsp3) is 0.562. The third-order valence-electron chi connectivity index (χ3n) is 3.72. The number of hydrogen-bond acceptors (Lipinski definition) is 3. The third-order valence-corrected chi connectivity index (χ3v) is 3.72. The maximum atomic E-state index is 5.47. The van der Waals surface area contributed by atoms with Crippen molar-refractivity contribution < 1.29 is 9.47 Å². The van der Waals surface area contributed by atoms with Crippen LogP contribution in [0.15, 0.2) is 17.1 Å². The lowest BCUT2D eigenvalue weighted by atomic mass is 9.96. The summed E-state index contributed by atoms with van der Waals surface area (Å²) < 4.78 is 10.8. The second-order valence-electron chi connectivity index (χ2n) is 5.14. The van der Waals surface area contributed by atoms with Crippen LogP contribution in [0.2, 0.25) is 0 Å². The van der Waals surface area contributed by atoms with Crippen molar-refractivity contribution >= 4 is 6.21 Å². The van der Waals surface area contributed by atoms with E-state index in [2.05, 4.69) is 0 Å². The molecule has 1 aliphatic carbocycles. The molecular weight excluding hydrogens is 238 g/mol. The Bertz CT molecular complexity index is 448. The van der Waals surface area contributed by atoms with E-state index in [0.29, 0.717) is 6.04 Å². The number of hydrogen-bond donors (Lipinski definition) is 0. The topological polar surface area (TPSA) is 30.8 Å². The Morgan fingerprint density at radius 1 is 1.11 bits per heavy atom. The van der Waals surface area contributed by atoms with Gasteiger partial charge in [0.2, 0.25) is 0 Å². The summed E-state index contributed by atoms with van der Waals surface area (Å²) in [6.45, 7) is 2.03. The molecule has 0 aromatic heterocycles. The van der Waals surface area contributed by atoms with Gasteiger partial charge in [-0.1, -0.05) is 19.3 Å². The minimum atomic E-state index is 0.477. The van der Waals surface area contributed by atoms with Crippen LogP contribution in [0.3, 0.4) is 0 Å². The van der Waals surface area contributed by atoms with Crippen LogP contribution >= 0.6 is 0 Å². The molecule has 1 aromatic carbocycles. The average molecular weight is 261 g/mol. The van der Waals surface area contributed by atoms with E-state index in [1.165, 1.54) is 32.1 Å². The summed E-state index contributed by atoms with van der Waals surface area (Å²) in [7, 11) is 3.38. The minimum absolute atomic E-state index is 0.477. The first-order valence-electron chi connectivity index (χ1n) is 7.00. The molecule has 19 heavy (non-hydrogen) atoms. The van der Waals surface area contributed by atoms with E-state index in [1.807, 2.05) is 25.3 Å². The zero-order valence-corrected chi connectivity index (χ0v) is 12.1. The van der Waals surface area contributed by atoms with E-state index in [1.54, 1.807) is 14.2 Å². The van der Waals surface area contributed by atoms with Crippen molar-refractivity contribution in [2.75, 3.05) is 14.2 Å². The van der Waals surface area contributed by atoms with Crippen LogP contribution in [-0.2, 0) is 0 Å². The monoisotopic (exact) mass is 261 g/mol. The summed E-state index contributed by atoms with van der Waals surface area (Å²) in [6, 6.07) is 4.44. The van der Waals surface area contributed by atoms with Crippen molar-refractivity contribution in [3.8, 4) is 11.5 Å². The van der Waals surface area contributed by atoms with Gasteiger partial charge in [-0.05, 0) is 37.5 Å². The highest BCUT2D eigenvalue weighted by atomic mass is 16.5. The second kappa shape index (κ2) is 6.60. The Morgan fingerprint density at radius 3 is 2.47 bits per heavy atom. The number of nitrogens with zero attached hydrogens (tertiary/aromatic N) is 1. The Morgan fingerprint density at radius 2 is 1.84 bits per heavy atom. The van der Waals surface area contributed by atoms with Crippen molar-refractivity contribution in [1.29, 1.82) is 0 Å². The molecule has 1 fully saturated rings.